The van der Waals surface area contributed by atoms with Gasteiger partial charge >= 0.3 is 0 Å². The molecule has 5 rings (SSSR count). The maximum atomic E-state index is 9.29. The van der Waals surface area contributed by atoms with Crippen molar-refractivity contribution < 1.29 is 0 Å². The topological polar surface area (TPSA) is 105 Å². The SMILES string of the molecule is CC(C)(C)c1cccc(Cn2cc(-c3cc(-c4cccc(C#N)c4)nc(NC4CC4)n3)nn2)n1. The van der Waals surface area contributed by atoms with Crippen molar-refractivity contribution >= 4 is 5.95 Å². The highest BCUT2D eigenvalue weighted by Gasteiger charge is 2.23. The van der Waals surface area contributed by atoms with Crippen molar-refractivity contribution in [2.45, 2.75) is 51.6 Å². The number of hydrogen-bond acceptors (Lipinski definition) is 7. The largest absolute Gasteiger partial charge is 0.351 e. The smallest absolute Gasteiger partial charge is 0.224 e. The Morgan fingerprint density at radius 2 is 1.79 bits per heavy atom. The number of hydrogen-bond donors (Lipinski definition) is 1. The predicted molar refractivity (Wildman–Crippen MR) is 130 cm³/mol. The van der Waals surface area contributed by atoms with Crippen molar-refractivity contribution in [3.8, 4) is 28.7 Å². The zero-order valence-corrected chi connectivity index (χ0v) is 19.5. The average Bonchev–Trinajstić information content (AvgIpc) is 3.52. The van der Waals surface area contributed by atoms with Crippen molar-refractivity contribution in [2.24, 2.45) is 0 Å². The highest BCUT2D eigenvalue weighted by molar-refractivity contribution is 5.68. The van der Waals surface area contributed by atoms with E-state index in [0.29, 0.717) is 35.5 Å². The molecule has 1 aliphatic carbocycles. The first-order chi connectivity index (χ1) is 16.4. The third kappa shape index (κ3) is 4.94. The van der Waals surface area contributed by atoms with E-state index >= 15 is 0 Å². The molecule has 0 bridgehead atoms. The molecule has 1 aliphatic rings. The van der Waals surface area contributed by atoms with Gasteiger partial charge in [0.05, 0.1) is 41.5 Å². The second-order valence-corrected chi connectivity index (χ2v) is 9.64. The van der Waals surface area contributed by atoms with Crippen LogP contribution in [0, 0.1) is 11.3 Å². The van der Waals surface area contributed by atoms with Gasteiger partial charge in [0.1, 0.15) is 5.69 Å². The highest BCUT2D eigenvalue weighted by Crippen LogP contribution is 2.28. The number of benzene rings is 1. The first-order valence-electron chi connectivity index (χ1n) is 11.4. The number of nitrogens with one attached hydrogen (secondary N) is 1. The minimum Gasteiger partial charge on any atom is -0.351 e. The number of pyridine rings is 1. The van der Waals surface area contributed by atoms with Gasteiger partial charge in [-0.15, -0.1) is 5.10 Å². The number of rotatable bonds is 6. The molecule has 1 N–H and O–H groups in total. The maximum absolute atomic E-state index is 9.29. The van der Waals surface area contributed by atoms with E-state index in [1.165, 1.54) is 0 Å². The third-order valence-corrected chi connectivity index (χ3v) is 5.62. The van der Waals surface area contributed by atoms with Gasteiger partial charge in [-0.25, -0.2) is 14.6 Å². The standard InChI is InChI=1S/C26H26N8/c1-26(2,3)24-9-5-8-20(28-24)15-34-16-23(32-33-34)22-13-21(18-7-4-6-17(12-18)14-27)30-25(31-22)29-19-10-11-19/h4-9,12-13,16,19H,10-11,15H2,1-3H3,(H,29,30,31). The molecular formula is C26H26N8. The molecule has 0 amide bonds. The molecule has 0 spiro atoms. The van der Waals surface area contributed by atoms with Gasteiger partial charge in [-0.3, -0.25) is 4.98 Å². The number of anilines is 1. The molecule has 1 aromatic carbocycles. The second-order valence-electron chi connectivity index (χ2n) is 9.64. The summed E-state index contributed by atoms with van der Waals surface area (Å²) in [5, 5.41) is 21.4. The van der Waals surface area contributed by atoms with Crippen molar-refractivity contribution in [3.63, 3.8) is 0 Å². The zero-order valence-electron chi connectivity index (χ0n) is 19.5. The number of nitrogens with zero attached hydrogens (tertiary/aromatic N) is 7. The lowest BCUT2D eigenvalue weighted by molar-refractivity contribution is 0.559. The summed E-state index contributed by atoms with van der Waals surface area (Å²) in [6.45, 7) is 6.98. The van der Waals surface area contributed by atoms with Crippen molar-refractivity contribution in [1.82, 2.24) is 29.9 Å². The predicted octanol–water partition coefficient (Wildman–Crippen LogP) is 4.59. The molecule has 1 saturated carbocycles. The van der Waals surface area contributed by atoms with Gasteiger partial charge in [0, 0.05) is 22.7 Å². The van der Waals surface area contributed by atoms with Crippen LogP contribution in [0.2, 0.25) is 0 Å². The number of nitriles is 1. The van der Waals surface area contributed by atoms with Gasteiger partial charge in [0.15, 0.2) is 0 Å². The van der Waals surface area contributed by atoms with E-state index in [1.807, 2.05) is 48.7 Å². The first-order valence-corrected chi connectivity index (χ1v) is 11.4. The summed E-state index contributed by atoms with van der Waals surface area (Å²) in [6.07, 6.45) is 4.11. The second kappa shape index (κ2) is 8.67. The maximum Gasteiger partial charge on any atom is 0.224 e. The Labute approximate surface area is 198 Å². The molecule has 1 fully saturated rings. The van der Waals surface area contributed by atoms with E-state index < -0.39 is 0 Å². The Hall–Kier alpha value is -4.12. The minimum absolute atomic E-state index is 0.0191. The molecule has 0 radical (unpaired) electrons. The molecule has 0 atom stereocenters. The zero-order chi connectivity index (χ0) is 23.7. The molecule has 0 unspecified atom stereocenters. The van der Waals surface area contributed by atoms with Gasteiger partial charge in [0.25, 0.3) is 0 Å². The lowest BCUT2D eigenvalue weighted by atomic mass is 9.91. The fourth-order valence-corrected chi connectivity index (χ4v) is 3.59. The summed E-state index contributed by atoms with van der Waals surface area (Å²) in [6, 6.07) is 18.0. The van der Waals surface area contributed by atoms with E-state index in [2.05, 4.69) is 42.5 Å². The summed E-state index contributed by atoms with van der Waals surface area (Å²) in [5.74, 6) is 0.562. The summed E-state index contributed by atoms with van der Waals surface area (Å²) in [4.78, 5) is 14.2. The Morgan fingerprint density at radius 3 is 2.56 bits per heavy atom. The van der Waals surface area contributed by atoms with Crippen LogP contribution in [0.3, 0.4) is 0 Å². The van der Waals surface area contributed by atoms with Crippen LogP contribution in [0.15, 0.2) is 54.7 Å². The molecule has 34 heavy (non-hydrogen) atoms. The Bertz CT molecular complexity index is 1370. The van der Waals surface area contributed by atoms with Crippen LogP contribution in [0.4, 0.5) is 5.95 Å². The van der Waals surface area contributed by atoms with Crippen LogP contribution in [0.5, 0.6) is 0 Å². The summed E-state index contributed by atoms with van der Waals surface area (Å²) in [7, 11) is 0. The fraction of sp³-hybridized carbons (Fsp3) is 0.308. The van der Waals surface area contributed by atoms with Gasteiger partial charge < -0.3 is 5.32 Å². The lowest BCUT2D eigenvalue weighted by Gasteiger charge is -2.18. The summed E-state index contributed by atoms with van der Waals surface area (Å²) >= 11 is 0. The monoisotopic (exact) mass is 450 g/mol. The Kier molecular flexibility index (Phi) is 5.54. The molecule has 8 heteroatoms. The summed E-state index contributed by atoms with van der Waals surface area (Å²) < 4.78 is 1.77. The minimum atomic E-state index is -0.0191. The average molecular weight is 451 g/mol. The van der Waals surface area contributed by atoms with E-state index in [1.54, 1.807) is 10.7 Å². The normalized spacial score (nSPS) is 13.5. The molecule has 8 nitrogen and oxygen atoms in total. The quantitative estimate of drug-likeness (QED) is 0.458. The molecule has 4 aromatic rings. The van der Waals surface area contributed by atoms with Gasteiger partial charge in [-0.05, 0) is 43.2 Å². The van der Waals surface area contributed by atoms with Crippen LogP contribution in [0.25, 0.3) is 22.6 Å². The number of aromatic nitrogens is 6. The van der Waals surface area contributed by atoms with Gasteiger partial charge in [0.2, 0.25) is 5.95 Å². The van der Waals surface area contributed by atoms with Crippen LogP contribution < -0.4 is 5.32 Å². The molecule has 3 aromatic heterocycles. The third-order valence-electron chi connectivity index (χ3n) is 5.62. The molecule has 3 heterocycles. The van der Waals surface area contributed by atoms with Crippen molar-refractivity contribution in [1.29, 1.82) is 5.26 Å². The van der Waals surface area contributed by atoms with Crippen molar-refractivity contribution in [3.05, 3.63) is 71.7 Å². The van der Waals surface area contributed by atoms with Crippen LogP contribution >= 0.6 is 0 Å². The van der Waals surface area contributed by atoms with Gasteiger partial charge in [-0.1, -0.05) is 44.2 Å². The fourth-order valence-electron chi connectivity index (χ4n) is 3.59. The highest BCUT2D eigenvalue weighted by atomic mass is 15.4. The molecule has 0 saturated heterocycles. The van der Waals surface area contributed by atoms with Gasteiger partial charge in [-0.2, -0.15) is 5.26 Å². The Balaban J connectivity index is 1.46. The lowest BCUT2D eigenvalue weighted by Crippen LogP contribution is -2.15. The first kappa shape index (κ1) is 21.7. The van der Waals surface area contributed by atoms with E-state index in [-0.39, 0.29) is 5.41 Å². The van der Waals surface area contributed by atoms with E-state index in [4.69, 9.17) is 15.0 Å². The summed E-state index contributed by atoms with van der Waals surface area (Å²) in [5.41, 5.74) is 5.47. The van der Waals surface area contributed by atoms with Crippen molar-refractivity contribution in [2.75, 3.05) is 5.32 Å². The van der Waals surface area contributed by atoms with E-state index in [0.717, 1.165) is 35.5 Å². The molecule has 0 aliphatic heterocycles. The van der Waals surface area contributed by atoms with Crippen LogP contribution in [-0.4, -0.2) is 36.0 Å². The van der Waals surface area contributed by atoms with Crippen LogP contribution in [-0.2, 0) is 12.0 Å². The molecule has 170 valence electrons. The molecular weight excluding hydrogens is 424 g/mol. The van der Waals surface area contributed by atoms with E-state index in [9.17, 15) is 5.26 Å². The Morgan fingerprint density at radius 1 is 1.00 bits per heavy atom. The van der Waals surface area contributed by atoms with Crippen LogP contribution in [0.1, 0.15) is 50.6 Å².